The Morgan fingerprint density at radius 3 is 3.00 bits per heavy atom. The van der Waals surface area contributed by atoms with Gasteiger partial charge in [0.15, 0.2) is 0 Å². The second-order valence-electron chi connectivity index (χ2n) is 6.00. The molecular weight excluding hydrogens is 270 g/mol. The Hall–Kier alpha value is -2.14. The number of carboxylic acid groups (broad SMARTS) is 1. The molecule has 1 aromatic carbocycles. The summed E-state index contributed by atoms with van der Waals surface area (Å²) in [7, 11) is 0. The zero-order valence-electron chi connectivity index (χ0n) is 11.5. The smallest absolute Gasteiger partial charge is 0.310 e. The number of rotatable bonds is 2. The topological polar surface area (TPSA) is 66.8 Å². The maximum absolute atomic E-state index is 12.7. The van der Waals surface area contributed by atoms with Gasteiger partial charge in [0.05, 0.1) is 18.6 Å². The molecule has 2 fully saturated rings. The Balaban J connectivity index is 1.75. The van der Waals surface area contributed by atoms with Crippen molar-refractivity contribution in [1.82, 2.24) is 0 Å². The first-order valence-electron chi connectivity index (χ1n) is 7.00. The van der Waals surface area contributed by atoms with E-state index >= 15 is 0 Å². The Bertz CT molecular complexity index is 683. The second-order valence-corrected chi connectivity index (χ2v) is 6.00. The van der Waals surface area contributed by atoms with Crippen LogP contribution in [-0.4, -0.2) is 35.2 Å². The number of hydrogen-bond donors (Lipinski definition) is 1. The molecule has 2 saturated heterocycles. The maximum Gasteiger partial charge on any atom is 0.310 e. The van der Waals surface area contributed by atoms with Crippen molar-refractivity contribution in [2.75, 3.05) is 11.4 Å². The van der Waals surface area contributed by atoms with Crippen LogP contribution in [0.3, 0.4) is 0 Å². The van der Waals surface area contributed by atoms with Crippen LogP contribution in [0.5, 0.6) is 0 Å². The fraction of sp³-hybridized carbons (Fsp3) is 0.375. The number of nitrogens with zero attached hydrogens (tertiary/aromatic N) is 1. The largest absolute Gasteiger partial charge is 0.481 e. The molecule has 1 N–H and O–H groups in total. The number of fused-ring (bicyclic) bond motifs is 1. The molecule has 0 unspecified atom stereocenters. The molecule has 0 radical (unpaired) electrons. The van der Waals surface area contributed by atoms with E-state index in [0.29, 0.717) is 6.54 Å². The van der Waals surface area contributed by atoms with Crippen LogP contribution in [0.25, 0.3) is 0 Å². The van der Waals surface area contributed by atoms with Crippen molar-refractivity contribution >= 4 is 17.6 Å². The monoisotopic (exact) mass is 285 g/mol. The summed E-state index contributed by atoms with van der Waals surface area (Å²) < 4.78 is 5.86. The van der Waals surface area contributed by atoms with Gasteiger partial charge in [-0.1, -0.05) is 24.3 Å². The van der Waals surface area contributed by atoms with Crippen LogP contribution in [0.1, 0.15) is 5.56 Å². The van der Waals surface area contributed by atoms with Crippen molar-refractivity contribution in [1.29, 1.82) is 0 Å². The number of aryl methyl sites for hydroxylation is 1. The molecule has 1 spiro atoms. The molecule has 4 rings (SSSR count). The summed E-state index contributed by atoms with van der Waals surface area (Å²) in [4.78, 5) is 25.9. The van der Waals surface area contributed by atoms with Crippen molar-refractivity contribution in [2.45, 2.75) is 18.6 Å². The molecule has 3 heterocycles. The molecule has 4 atom stereocenters. The Morgan fingerprint density at radius 1 is 1.48 bits per heavy atom. The number of anilines is 1. The molecule has 5 nitrogen and oxygen atoms in total. The summed E-state index contributed by atoms with van der Waals surface area (Å²) in [6, 6.07) is 7.66. The molecular formula is C16H15NO4. The lowest BCUT2D eigenvalue weighted by molar-refractivity contribution is -0.146. The molecule has 0 saturated carbocycles. The highest BCUT2D eigenvalue weighted by Crippen LogP contribution is 2.52. The average Bonchev–Trinajstić information content (AvgIpc) is 3.07. The third kappa shape index (κ3) is 1.55. The van der Waals surface area contributed by atoms with Gasteiger partial charge in [-0.25, -0.2) is 0 Å². The van der Waals surface area contributed by atoms with E-state index in [0.717, 1.165) is 11.3 Å². The second kappa shape index (κ2) is 3.95. The van der Waals surface area contributed by atoms with E-state index in [1.807, 2.05) is 37.3 Å². The van der Waals surface area contributed by atoms with Crippen molar-refractivity contribution in [3.63, 3.8) is 0 Å². The Morgan fingerprint density at radius 2 is 2.29 bits per heavy atom. The number of aliphatic carboxylic acids is 1. The van der Waals surface area contributed by atoms with Crippen molar-refractivity contribution in [2.24, 2.45) is 11.8 Å². The van der Waals surface area contributed by atoms with Gasteiger partial charge in [-0.3, -0.25) is 9.59 Å². The molecule has 0 aliphatic carbocycles. The lowest BCUT2D eigenvalue weighted by atomic mass is 9.77. The predicted octanol–water partition coefficient (Wildman–Crippen LogP) is 1.37. The molecule has 3 aliphatic heterocycles. The lowest BCUT2D eigenvalue weighted by Crippen LogP contribution is -2.39. The maximum atomic E-state index is 12.7. The van der Waals surface area contributed by atoms with Gasteiger partial charge in [0.25, 0.3) is 0 Å². The van der Waals surface area contributed by atoms with E-state index in [9.17, 15) is 14.7 Å². The van der Waals surface area contributed by atoms with E-state index in [2.05, 4.69) is 0 Å². The zero-order valence-corrected chi connectivity index (χ0v) is 11.5. The van der Waals surface area contributed by atoms with Crippen LogP contribution in [0.2, 0.25) is 0 Å². The third-order valence-electron chi connectivity index (χ3n) is 4.70. The highest BCUT2D eigenvalue weighted by Gasteiger charge is 2.67. The average molecular weight is 285 g/mol. The number of amides is 1. The number of hydrogen-bond acceptors (Lipinski definition) is 3. The van der Waals surface area contributed by atoms with Gasteiger partial charge in [-0.2, -0.15) is 0 Å². The minimum Gasteiger partial charge on any atom is -0.481 e. The summed E-state index contributed by atoms with van der Waals surface area (Å²) in [5.74, 6) is -2.52. The normalized spacial score (nSPS) is 36.3. The van der Waals surface area contributed by atoms with Crippen LogP contribution >= 0.6 is 0 Å². The van der Waals surface area contributed by atoms with E-state index in [4.69, 9.17) is 4.74 Å². The van der Waals surface area contributed by atoms with E-state index in [1.54, 1.807) is 11.0 Å². The molecule has 2 bridgehead atoms. The number of carboxylic acids is 1. The molecule has 1 amide bonds. The first-order chi connectivity index (χ1) is 10.0. The number of benzene rings is 1. The Labute approximate surface area is 121 Å². The van der Waals surface area contributed by atoms with Gasteiger partial charge in [-0.15, -0.1) is 0 Å². The van der Waals surface area contributed by atoms with Crippen LogP contribution in [-0.2, 0) is 14.3 Å². The molecule has 108 valence electrons. The van der Waals surface area contributed by atoms with Gasteiger partial charge < -0.3 is 14.7 Å². The van der Waals surface area contributed by atoms with Gasteiger partial charge in [0, 0.05) is 5.69 Å². The minimum atomic E-state index is -0.962. The summed E-state index contributed by atoms with van der Waals surface area (Å²) in [6.45, 7) is 2.35. The zero-order chi connectivity index (χ0) is 14.8. The number of ether oxygens (including phenoxy) is 1. The van der Waals surface area contributed by atoms with Crippen LogP contribution in [0.4, 0.5) is 5.69 Å². The number of carbonyl (C=O) groups is 2. The quantitative estimate of drug-likeness (QED) is 0.833. The van der Waals surface area contributed by atoms with Crippen LogP contribution in [0, 0.1) is 18.8 Å². The van der Waals surface area contributed by atoms with Gasteiger partial charge in [0.2, 0.25) is 5.91 Å². The van der Waals surface area contributed by atoms with Gasteiger partial charge >= 0.3 is 5.97 Å². The van der Waals surface area contributed by atoms with E-state index in [1.165, 1.54) is 0 Å². The van der Waals surface area contributed by atoms with Crippen LogP contribution in [0.15, 0.2) is 36.4 Å². The summed E-state index contributed by atoms with van der Waals surface area (Å²) >= 11 is 0. The SMILES string of the molecule is Cc1cccc(N2C[C@@]34C=C[C@H](O3)[C@H](C(=O)O)[C@@H]4C2=O)c1. The summed E-state index contributed by atoms with van der Waals surface area (Å²) in [6.07, 6.45) is 3.17. The molecule has 21 heavy (non-hydrogen) atoms. The van der Waals surface area contributed by atoms with Gasteiger partial charge in [-0.05, 0) is 24.6 Å². The summed E-state index contributed by atoms with van der Waals surface area (Å²) in [5, 5.41) is 9.41. The summed E-state index contributed by atoms with van der Waals surface area (Å²) in [5.41, 5.74) is 1.09. The van der Waals surface area contributed by atoms with Gasteiger partial charge in [0.1, 0.15) is 11.5 Å². The third-order valence-corrected chi connectivity index (χ3v) is 4.70. The van der Waals surface area contributed by atoms with E-state index < -0.39 is 29.5 Å². The molecule has 5 heteroatoms. The minimum absolute atomic E-state index is 0.153. The highest BCUT2D eigenvalue weighted by molar-refractivity contribution is 6.02. The predicted molar refractivity (Wildman–Crippen MR) is 74.9 cm³/mol. The van der Waals surface area contributed by atoms with E-state index in [-0.39, 0.29) is 5.91 Å². The molecule has 3 aliphatic rings. The Kier molecular flexibility index (Phi) is 2.37. The lowest BCUT2D eigenvalue weighted by Gasteiger charge is -2.21. The standard InChI is InChI=1S/C16H15NO4/c1-9-3-2-4-10(7-9)17-8-16-6-5-11(21-16)12(15(19)20)13(16)14(17)18/h2-7,11-13H,8H2,1H3,(H,19,20)/t11-,12-,13+,16+/m0/s1. The van der Waals surface area contributed by atoms with Crippen molar-refractivity contribution < 1.29 is 19.4 Å². The first-order valence-corrected chi connectivity index (χ1v) is 7.00. The number of carbonyl (C=O) groups excluding carboxylic acids is 1. The van der Waals surface area contributed by atoms with Crippen LogP contribution < -0.4 is 4.90 Å². The van der Waals surface area contributed by atoms with Crippen molar-refractivity contribution in [3.05, 3.63) is 42.0 Å². The first kappa shape index (κ1) is 12.6. The highest BCUT2D eigenvalue weighted by atomic mass is 16.5. The fourth-order valence-electron chi connectivity index (χ4n) is 3.79. The molecule has 0 aromatic heterocycles. The van der Waals surface area contributed by atoms with Crippen molar-refractivity contribution in [3.8, 4) is 0 Å². The fourth-order valence-corrected chi connectivity index (χ4v) is 3.79. The molecule has 1 aromatic rings.